The highest BCUT2D eigenvalue weighted by Gasteiger charge is 2.18. The number of anilines is 1. The first-order valence-corrected chi connectivity index (χ1v) is 12.5. The monoisotopic (exact) mass is 458 g/mol. The van der Waals surface area contributed by atoms with Gasteiger partial charge in [-0.2, -0.15) is 0 Å². The van der Waals surface area contributed by atoms with Crippen LogP contribution in [-0.4, -0.2) is 20.6 Å². The summed E-state index contributed by atoms with van der Waals surface area (Å²) in [5.74, 6) is -0.209. The predicted octanol–water partition coefficient (Wildman–Crippen LogP) is 5.04. The molecule has 33 heavy (non-hydrogen) atoms. The molecule has 4 rings (SSSR count). The second-order valence-electron chi connectivity index (χ2n) is 8.12. The van der Waals surface area contributed by atoms with Gasteiger partial charge in [0.15, 0.2) is 0 Å². The van der Waals surface area contributed by atoms with Crippen molar-refractivity contribution < 1.29 is 13.2 Å². The standard InChI is InChI=1S/C27H26N2O3S/c1-20-10-12-21(13-11-20)19-29(33(2,31)32)25-16-14-23(15-17-25)27(30)28-18-24-8-5-7-22-6-3-4-9-26(22)24/h3-17H,18-19H2,1-2H3,(H,28,30). The minimum atomic E-state index is -3.49. The molecule has 0 aliphatic heterocycles. The SMILES string of the molecule is Cc1ccc(CN(c2ccc(C(=O)NCc3cccc4ccccc34)cc2)S(C)(=O)=O)cc1. The third kappa shape index (κ3) is 5.41. The van der Waals surface area contributed by atoms with Gasteiger partial charge >= 0.3 is 0 Å². The summed E-state index contributed by atoms with van der Waals surface area (Å²) in [5.41, 5.74) is 4.04. The Labute approximate surface area is 194 Å². The zero-order chi connectivity index (χ0) is 23.4. The lowest BCUT2D eigenvalue weighted by Crippen LogP contribution is -2.29. The lowest BCUT2D eigenvalue weighted by Gasteiger charge is -2.23. The molecule has 168 valence electrons. The second kappa shape index (κ2) is 9.46. The lowest BCUT2D eigenvalue weighted by atomic mass is 10.0. The molecule has 0 aliphatic rings. The van der Waals surface area contributed by atoms with E-state index in [1.807, 2.05) is 73.7 Å². The maximum absolute atomic E-state index is 12.7. The Bertz CT molecular complexity index is 1370. The van der Waals surface area contributed by atoms with Gasteiger partial charge in [0, 0.05) is 12.1 Å². The number of fused-ring (bicyclic) bond motifs is 1. The first-order valence-electron chi connectivity index (χ1n) is 10.7. The highest BCUT2D eigenvalue weighted by Crippen LogP contribution is 2.22. The van der Waals surface area contributed by atoms with Gasteiger partial charge in [0.25, 0.3) is 5.91 Å². The van der Waals surface area contributed by atoms with Gasteiger partial charge in [-0.15, -0.1) is 0 Å². The number of hydrogen-bond acceptors (Lipinski definition) is 3. The number of nitrogens with zero attached hydrogens (tertiary/aromatic N) is 1. The van der Waals surface area contributed by atoms with Crippen LogP contribution in [0.15, 0.2) is 91.0 Å². The fourth-order valence-corrected chi connectivity index (χ4v) is 4.65. The molecule has 0 aromatic heterocycles. The summed E-state index contributed by atoms with van der Waals surface area (Å²) in [6, 6.07) is 28.5. The molecule has 4 aromatic rings. The van der Waals surface area contributed by atoms with Crippen molar-refractivity contribution in [1.82, 2.24) is 5.32 Å². The Hall–Kier alpha value is -3.64. The van der Waals surface area contributed by atoms with E-state index in [9.17, 15) is 13.2 Å². The topological polar surface area (TPSA) is 66.5 Å². The van der Waals surface area contributed by atoms with E-state index in [1.165, 1.54) is 10.6 Å². The zero-order valence-corrected chi connectivity index (χ0v) is 19.5. The van der Waals surface area contributed by atoms with Crippen LogP contribution in [-0.2, 0) is 23.1 Å². The quantitative estimate of drug-likeness (QED) is 0.422. The van der Waals surface area contributed by atoms with Gasteiger partial charge in [0.05, 0.1) is 18.5 Å². The van der Waals surface area contributed by atoms with E-state index in [2.05, 4.69) is 5.32 Å². The van der Waals surface area contributed by atoms with E-state index >= 15 is 0 Å². The highest BCUT2D eigenvalue weighted by atomic mass is 32.2. The van der Waals surface area contributed by atoms with Crippen molar-refractivity contribution in [2.45, 2.75) is 20.0 Å². The summed E-state index contributed by atoms with van der Waals surface area (Å²) in [6.45, 7) is 2.62. The molecule has 0 radical (unpaired) electrons. The Kier molecular flexibility index (Phi) is 6.47. The molecule has 0 aliphatic carbocycles. The first kappa shape index (κ1) is 22.6. The fourth-order valence-electron chi connectivity index (χ4n) is 3.76. The van der Waals surface area contributed by atoms with E-state index in [4.69, 9.17) is 0 Å². The summed E-state index contributed by atoms with van der Waals surface area (Å²) in [7, 11) is -3.49. The van der Waals surface area contributed by atoms with Crippen molar-refractivity contribution in [3.05, 3.63) is 113 Å². The molecule has 0 bridgehead atoms. The Morgan fingerprint density at radius 1 is 0.848 bits per heavy atom. The van der Waals surface area contributed by atoms with Crippen LogP contribution in [0, 0.1) is 6.92 Å². The van der Waals surface area contributed by atoms with Gasteiger partial charge in [-0.25, -0.2) is 8.42 Å². The van der Waals surface area contributed by atoms with Crippen molar-refractivity contribution in [2.24, 2.45) is 0 Å². The number of aryl methyl sites for hydroxylation is 1. The summed E-state index contributed by atoms with van der Waals surface area (Å²) < 4.78 is 26.2. The summed E-state index contributed by atoms with van der Waals surface area (Å²) >= 11 is 0. The third-order valence-corrected chi connectivity index (χ3v) is 6.72. The van der Waals surface area contributed by atoms with E-state index < -0.39 is 10.0 Å². The molecule has 1 amide bonds. The van der Waals surface area contributed by atoms with Crippen molar-refractivity contribution in [1.29, 1.82) is 0 Å². The average molecular weight is 459 g/mol. The van der Waals surface area contributed by atoms with Crippen molar-refractivity contribution in [3.8, 4) is 0 Å². The minimum Gasteiger partial charge on any atom is -0.348 e. The molecular weight excluding hydrogens is 432 g/mol. The fraction of sp³-hybridized carbons (Fsp3) is 0.148. The molecule has 0 atom stereocenters. The smallest absolute Gasteiger partial charge is 0.251 e. The van der Waals surface area contributed by atoms with Crippen LogP contribution in [0.2, 0.25) is 0 Å². The number of amides is 1. The van der Waals surface area contributed by atoms with Gasteiger partial charge in [-0.05, 0) is 53.1 Å². The molecule has 0 spiro atoms. The van der Waals surface area contributed by atoms with Gasteiger partial charge in [-0.3, -0.25) is 9.10 Å². The molecule has 0 fully saturated rings. The van der Waals surface area contributed by atoms with E-state index in [0.29, 0.717) is 17.8 Å². The Morgan fingerprint density at radius 2 is 1.52 bits per heavy atom. The molecule has 4 aromatic carbocycles. The molecular formula is C27H26N2O3S. The largest absolute Gasteiger partial charge is 0.348 e. The van der Waals surface area contributed by atoms with Gasteiger partial charge in [0.2, 0.25) is 10.0 Å². The number of sulfonamides is 1. The number of carbonyl (C=O) groups excluding carboxylic acids is 1. The van der Waals surface area contributed by atoms with Gasteiger partial charge in [-0.1, -0.05) is 72.3 Å². The molecule has 6 heteroatoms. The van der Waals surface area contributed by atoms with Crippen LogP contribution in [0.25, 0.3) is 10.8 Å². The van der Waals surface area contributed by atoms with E-state index in [0.717, 1.165) is 27.5 Å². The normalized spacial score (nSPS) is 11.3. The third-order valence-electron chi connectivity index (χ3n) is 5.58. The number of rotatable bonds is 7. The average Bonchev–Trinajstić information content (AvgIpc) is 2.81. The molecule has 0 saturated heterocycles. The van der Waals surface area contributed by atoms with Gasteiger partial charge < -0.3 is 5.32 Å². The van der Waals surface area contributed by atoms with E-state index in [1.54, 1.807) is 24.3 Å². The number of nitrogens with one attached hydrogen (secondary N) is 1. The summed E-state index contributed by atoms with van der Waals surface area (Å²) in [5, 5.41) is 5.20. The Balaban J connectivity index is 1.48. The number of hydrogen-bond donors (Lipinski definition) is 1. The van der Waals surface area contributed by atoms with Crippen LogP contribution in [0.1, 0.15) is 27.0 Å². The van der Waals surface area contributed by atoms with Crippen LogP contribution in [0.3, 0.4) is 0 Å². The lowest BCUT2D eigenvalue weighted by molar-refractivity contribution is 0.0951. The molecule has 1 N–H and O–H groups in total. The molecule has 0 unspecified atom stereocenters. The number of benzene rings is 4. The van der Waals surface area contributed by atoms with Gasteiger partial charge in [0.1, 0.15) is 0 Å². The van der Waals surface area contributed by atoms with E-state index in [-0.39, 0.29) is 12.5 Å². The predicted molar refractivity (Wildman–Crippen MR) is 134 cm³/mol. The maximum Gasteiger partial charge on any atom is 0.251 e. The Morgan fingerprint density at radius 3 is 2.21 bits per heavy atom. The zero-order valence-electron chi connectivity index (χ0n) is 18.7. The van der Waals surface area contributed by atoms with Crippen molar-refractivity contribution >= 4 is 32.4 Å². The van der Waals surface area contributed by atoms with Crippen molar-refractivity contribution in [2.75, 3.05) is 10.6 Å². The van der Waals surface area contributed by atoms with Crippen LogP contribution >= 0.6 is 0 Å². The van der Waals surface area contributed by atoms with Crippen LogP contribution in [0.5, 0.6) is 0 Å². The summed E-state index contributed by atoms with van der Waals surface area (Å²) in [4.78, 5) is 12.7. The summed E-state index contributed by atoms with van der Waals surface area (Å²) in [6.07, 6.45) is 1.19. The van der Waals surface area contributed by atoms with Crippen LogP contribution < -0.4 is 9.62 Å². The number of carbonyl (C=O) groups is 1. The van der Waals surface area contributed by atoms with Crippen LogP contribution in [0.4, 0.5) is 5.69 Å². The molecule has 5 nitrogen and oxygen atoms in total. The first-order chi connectivity index (χ1) is 15.8. The highest BCUT2D eigenvalue weighted by molar-refractivity contribution is 7.92. The van der Waals surface area contributed by atoms with Crippen molar-refractivity contribution in [3.63, 3.8) is 0 Å². The maximum atomic E-state index is 12.7. The molecule has 0 heterocycles. The molecule has 0 saturated carbocycles. The minimum absolute atomic E-state index is 0.209. The second-order valence-corrected chi connectivity index (χ2v) is 10.0.